The third-order valence-electron chi connectivity index (χ3n) is 2.75. The van der Waals surface area contributed by atoms with Gasteiger partial charge in [0.25, 0.3) is 0 Å². The van der Waals surface area contributed by atoms with Crippen LogP contribution in [0.1, 0.15) is 5.56 Å². The van der Waals surface area contributed by atoms with Gasteiger partial charge in [-0.05, 0) is 6.07 Å². The van der Waals surface area contributed by atoms with Gasteiger partial charge in [-0.1, -0.05) is 18.2 Å². The highest BCUT2D eigenvalue weighted by atomic mass is 16.5. The molecule has 3 N–H and O–H groups in total. The maximum absolute atomic E-state index is 11.5. The Kier molecular flexibility index (Phi) is 3.82. The number of nitrogens with one attached hydrogen (secondary N) is 3. The molecule has 1 aromatic rings. The molecule has 1 heterocycles. The van der Waals surface area contributed by atoms with Crippen LogP contribution in [0.3, 0.4) is 0 Å². The Morgan fingerprint density at radius 2 is 2.24 bits per heavy atom. The Morgan fingerprint density at radius 3 is 2.88 bits per heavy atom. The lowest BCUT2D eigenvalue weighted by Crippen LogP contribution is -2.58. The van der Waals surface area contributed by atoms with Gasteiger partial charge in [-0.3, -0.25) is 0 Å². The zero-order valence-corrected chi connectivity index (χ0v) is 9.82. The average molecular weight is 235 g/mol. The fraction of sp³-hybridized carbons (Fsp3) is 0.417. The van der Waals surface area contributed by atoms with E-state index in [2.05, 4.69) is 16.0 Å². The van der Waals surface area contributed by atoms with Crippen molar-refractivity contribution in [2.45, 2.75) is 12.6 Å². The summed E-state index contributed by atoms with van der Waals surface area (Å²) >= 11 is 0. The smallest absolute Gasteiger partial charge is 0.315 e. The molecule has 5 heteroatoms. The predicted octanol–water partition coefficient (Wildman–Crippen LogP) is 0.466. The number of methoxy groups -OCH3 is 1. The Bertz CT molecular complexity index is 391. The molecule has 0 bridgehead atoms. The average Bonchev–Trinajstić information content (AvgIpc) is 2.31. The SMILES string of the molecule is COc1ccccc1CNC(=O)NC1CNC1. The first-order valence-corrected chi connectivity index (χ1v) is 5.66. The zero-order chi connectivity index (χ0) is 12.1. The Balaban J connectivity index is 1.81. The Hall–Kier alpha value is -1.75. The summed E-state index contributed by atoms with van der Waals surface area (Å²) in [5.41, 5.74) is 0.969. The van der Waals surface area contributed by atoms with Gasteiger partial charge in [0.1, 0.15) is 5.75 Å². The largest absolute Gasteiger partial charge is 0.496 e. The van der Waals surface area contributed by atoms with Crippen molar-refractivity contribution >= 4 is 6.03 Å². The van der Waals surface area contributed by atoms with E-state index in [9.17, 15) is 4.79 Å². The first-order chi connectivity index (χ1) is 8.29. The zero-order valence-electron chi connectivity index (χ0n) is 9.82. The van der Waals surface area contributed by atoms with E-state index in [1.54, 1.807) is 7.11 Å². The van der Waals surface area contributed by atoms with Crippen LogP contribution in [0, 0.1) is 0 Å². The van der Waals surface area contributed by atoms with Crippen LogP contribution in [0.4, 0.5) is 4.79 Å². The summed E-state index contributed by atoms with van der Waals surface area (Å²) in [6.07, 6.45) is 0. The van der Waals surface area contributed by atoms with E-state index in [4.69, 9.17) is 4.74 Å². The lowest BCUT2D eigenvalue weighted by molar-refractivity contribution is 0.231. The number of hydrogen-bond acceptors (Lipinski definition) is 3. The van der Waals surface area contributed by atoms with Crippen molar-refractivity contribution in [2.24, 2.45) is 0 Å². The first kappa shape index (κ1) is 11.7. The number of urea groups is 1. The lowest BCUT2D eigenvalue weighted by Gasteiger charge is -2.27. The van der Waals surface area contributed by atoms with Crippen molar-refractivity contribution in [3.8, 4) is 5.75 Å². The van der Waals surface area contributed by atoms with Gasteiger partial charge in [0.05, 0.1) is 13.2 Å². The van der Waals surface area contributed by atoms with Crippen LogP contribution >= 0.6 is 0 Å². The van der Waals surface area contributed by atoms with Crippen LogP contribution in [0.5, 0.6) is 5.75 Å². The van der Waals surface area contributed by atoms with Crippen LogP contribution in [-0.4, -0.2) is 32.3 Å². The summed E-state index contributed by atoms with van der Waals surface area (Å²) in [5, 5.41) is 8.78. The molecule has 5 nitrogen and oxygen atoms in total. The number of hydrogen-bond donors (Lipinski definition) is 3. The van der Waals surface area contributed by atoms with Gasteiger partial charge < -0.3 is 20.7 Å². The second-order valence-electron chi connectivity index (χ2n) is 3.99. The minimum Gasteiger partial charge on any atom is -0.496 e. The Morgan fingerprint density at radius 1 is 1.47 bits per heavy atom. The third-order valence-corrected chi connectivity index (χ3v) is 2.75. The van der Waals surface area contributed by atoms with Gasteiger partial charge in [0.2, 0.25) is 0 Å². The van der Waals surface area contributed by atoms with Crippen molar-refractivity contribution < 1.29 is 9.53 Å². The fourth-order valence-corrected chi connectivity index (χ4v) is 1.65. The van der Waals surface area contributed by atoms with Gasteiger partial charge in [0.15, 0.2) is 0 Å². The van der Waals surface area contributed by atoms with Crippen molar-refractivity contribution in [2.75, 3.05) is 20.2 Å². The van der Waals surface area contributed by atoms with Crippen molar-refractivity contribution in [1.29, 1.82) is 0 Å². The number of ether oxygens (including phenoxy) is 1. The van der Waals surface area contributed by atoms with E-state index in [0.29, 0.717) is 6.54 Å². The number of amides is 2. The van der Waals surface area contributed by atoms with Crippen molar-refractivity contribution in [3.05, 3.63) is 29.8 Å². The minimum atomic E-state index is -0.137. The molecule has 1 fully saturated rings. The molecule has 2 rings (SSSR count). The van der Waals surface area contributed by atoms with Crippen LogP contribution in [0.15, 0.2) is 24.3 Å². The molecule has 1 aliphatic rings. The summed E-state index contributed by atoms with van der Waals surface area (Å²) in [7, 11) is 1.62. The first-order valence-electron chi connectivity index (χ1n) is 5.66. The van der Waals surface area contributed by atoms with Crippen LogP contribution in [-0.2, 0) is 6.54 Å². The number of para-hydroxylation sites is 1. The molecule has 17 heavy (non-hydrogen) atoms. The third kappa shape index (κ3) is 3.10. The number of carbonyl (C=O) groups excluding carboxylic acids is 1. The highest BCUT2D eigenvalue weighted by Crippen LogP contribution is 2.16. The van der Waals surface area contributed by atoms with Crippen molar-refractivity contribution in [1.82, 2.24) is 16.0 Å². The van der Waals surface area contributed by atoms with Gasteiger partial charge in [-0.15, -0.1) is 0 Å². The monoisotopic (exact) mass is 235 g/mol. The topological polar surface area (TPSA) is 62.4 Å². The highest BCUT2D eigenvalue weighted by molar-refractivity contribution is 5.74. The van der Waals surface area contributed by atoms with Crippen molar-refractivity contribution in [3.63, 3.8) is 0 Å². The number of rotatable bonds is 4. The van der Waals surface area contributed by atoms with Crippen LogP contribution < -0.4 is 20.7 Å². The van der Waals surface area contributed by atoms with E-state index < -0.39 is 0 Å². The molecule has 1 saturated heterocycles. The minimum absolute atomic E-state index is 0.137. The maximum Gasteiger partial charge on any atom is 0.315 e. The van der Waals surface area contributed by atoms with E-state index >= 15 is 0 Å². The molecule has 0 radical (unpaired) electrons. The predicted molar refractivity (Wildman–Crippen MR) is 65.0 cm³/mol. The van der Waals surface area contributed by atoms with Gasteiger partial charge in [-0.25, -0.2) is 4.79 Å². The quantitative estimate of drug-likeness (QED) is 0.710. The molecule has 2 amide bonds. The van der Waals surface area contributed by atoms with E-state index in [0.717, 1.165) is 24.4 Å². The molecule has 1 aromatic carbocycles. The summed E-state index contributed by atoms with van der Waals surface area (Å²) in [6.45, 7) is 2.17. The molecule has 0 aromatic heterocycles. The molecule has 0 saturated carbocycles. The lowest BCUT2D eigenvalue weighted by atomic mass is 10.2. The molecule has 0 spiro atoms. The van der Waals surface area contributed by atoms with Gasteiger partial charge in [-0.2, -0.15) is 0 Å². The molecule has 0 unspecified atom stereocenters. The Labute approximate surface area is 101 Å². The second kappa shape index (κ2) is 5.54. The van der Waals surface area contributed by atoms with Gasteiger partial charge >= 0.3 is 6.03 Å². The van der Waals surface area contributed by atoms with Crippen LogP contribution in [0.25, 0.3) is 0 Å². The molecule has 0 aliphatic carbocycles. The summed E-state index contributed by atoms with van der Waals surface area (Å²) in [6, 6.07) is 7.76. The molecular weight excluding hydrogens is 218 g/mol. The molecule has 92 valence electrons. The normalized spacial score (nSPS) is 14.9. The standard InChI is InChI=1S/C12H17N3O2/c1-17-11-5-3-2-4-9(11)6-14-12(16)15-10-7-13-8-10/h2-5,10,13H,6-8H2,1H3,(H2,14,15,16). The second-order valence-corrected chi connectivity index (χ2v) is 3.99. The molecule has 1 aliphatic heterocycles. The summed E-state index contributed by atoms with van der Waals surface area (Å²) in [4.78, 5) is 11.5. The summed E-state index contributed by atoms with van der Waals surface area (Å²) < 4.78 is 5.21. The molecule has 0 atom stereocenters. The summed E-state index contributed by atoms with van der Waals surface area (Å²) in [5.74, 6) is 0.790. The number of carbonyl (C=O) groups is 1. The highest BCUT2D eigenvalue weighted by Gasteiger charge is 2.18. The maximum atomic E-state index is 11.5. The van der Waals surface area contributed by atoms with Crippen LogP contribution in [0.2, 0.25) is 0 Å². The van der Waals surface area contributed by atoms with Gasteiger partial charge in [0, 0.05) is 25.2 Å². The van der Waals surface area contributed by atoms with E-state index in [1.165, 1.54) is 0 Å². The van der Waals surface area contributed by atoms with E-state index in [-0.39, 0.29) is 12.1 Å². The van der Waals surface area contributed by atoms with E-state index in [1.807, 2.05) is 24.3 Å². The fourth-order valence-electron chi connectivity index (χ4n) is 1.65. The number of benzene rings is 1. The molecular formula is C12H17N3O2.